The largest absolute Gasteiger partial charge is 0.312 e. The number of rotatable bonds is 3. The van der Waals surface area contributed by atoms with Crippen LogP contribution in [0.25, 0.3) is 10.0 Å². The molecule has 0 saturated heterocycles. The molecule has 1 N–H and O–H groups in total. The monoisotopic (exact) mass is 225 g/mol. The van der Waals surface area contributed by atoms with Crippen LogP contribution in [0.2, 0.25) is 0 Å². The lowest BCUT2D eigenvalue weighted by atomic mass is 10.3. The van der Waals surface area contributed by atoms with E-state index in [0.29, 0.717) is 6.04 Å². The second-order valence-electron chi connectivity index (χ2n) is 2.92. The summed E-state index contributed by atoms with van der Waals surface area (Å²) in [7, 11) is 1.95. The van der Waals surface area contributed by atoms with Crippen molar-refractivity contribution >= 4 is 22.7 Å². The number of aromatic nitrogens is 2. The van der Waals surface area contributed by atoms with E-state index in [1.807, 2.05) is 24.8 Å². The summed E-state index contributed by atoms with van der Waals surface area (Å²) in [6.45, 7) is 2.12. The molecule has 74 valence electrons. The Morgan fingerprint density at radius 3 is 2.86 bits per heavy atom. The van der Waals surface area contributed by atoms with Gasteiger partial charge >= 0.3 is 0 Å². The van der Waals surface area contributed by atoms with E-state index < -0.39 is 0 Å². The fraction of sp³-hybridized carbons (Fsp3) is 0.333. The van der Waals surface area contributed by atoms with Gasteiger partial charge in [-0.2, -0.15) is 0 Å². The summed E-state index contributed by atoms with van der Waals surface area (Å²) in [6, 6.07) is 0.362. The van der Waals surface area contributed by atoms with Gasteiger partial charge in [-0.25, -0.2) is 9.97 Å². The Hall–Kier alpha value is -0.780. The molecule has 2 aromatic rings. The first-order valence-corrected chi connectivity index (χ1v) is 6.03. The molecule has 2 rings (SSSR count). The SMILES string of the molecule is CNC(C)c1cnc(-c2nccs2)s1. The smallest absolute Gasteiger partial charge is 0.152 e. The first-order chi connectivity index (χ1) is 6.81. The Balaban J connectivity index is 2.26. The molecule has 5 heteroatoms. The zero-order chi connectivity index (χ0) is 9.97. The lowest BCUT2D eigenvalue weighted by Crippen LogP contribution is -2.10. The quantitative estimate of drug-likeness (QED) is 0.872. The fourth-order valence-corrected chi connectivity index (χ4v) is 2.72. The van der Waals surface area contributed by atoms with E-state index in [1.54, 1.807) is 22.7 Å². The van der Waals surface area contributed by atoms with Gasteiger partial charge in [0.15, 0.2) is 10.0 Å². The predicted octanol–water partition coefficient (Wildman–Crippen LogP) is 2.55. The average molecular weight is 225 g/mol. The molecule has 3 nitrogen and oxygen atoms in total. The lowest BCUT2D eigenvalue weighted by molar-refractivity contribution is 0.662. The molecule has 0 aliphatic heterocycles. The molecule has 1 unspecified atom stereocenters. The van der Waals surface area contributed by atoms with Crippen LogP contribution in [0.4, 0.5) is 0 Å². The van der Waals surface area contributed by atoms with Crippen LogP contribution in [0, 0.1) is 0 Å². The Morgan fingerprint density at radius 1 is 1.36 bits per heavy atom. The van der Waals surface area contributed by atoms with E-state index in [-0.39, 0.29) is 0 Å². The van der Waals surface area contributed by atoms with Gasteiger partial charge in [0.1, 0.15) is 0 Å². The summed E-state index contributed by atoms with van der Waals surface area (Å²) < 4.78 is 0. The van der Waals surface area contributed by atoms with Gasteiger partial charge in [0.2, 0.25) is 0 Å². The van der Waals surface area contributed by atoms with Crippen molar-refractivity contribution in [2.24, 2.45) is 0 Å². The van der Waals surface area contributed by atoms with Gasteiger partial charge in [0.05, 0.1) is 0 Å². The maximum Gasteiger partial charge on any atom is 0.152 e. The number of nitrogens with one attached hydrogen (secondary N) is 1. The molecule has 1 atom stereocenters. The molecule has 0 saturated carbocycles. The minimum absolute atomic E-state index is 0.362. The van der Waals surface area contributed by atoms with Crippen LogP contribution in [-0.2, 0) is 0 Å². The molecule has 0 aliphatic carbocycles. The summed E-state index contributed by atoms with van der Waals surface area (Å²) in [6.07, 6.45) is 3.73. The van der Waals surface area contributed by atoms with Gasteiger partial charge in [0, 0.05) is 28.7 Å². The zero-order valence-electron chi connectivity index (χ0n) is 8.02. The van der Waals surface area contributed by atoms with Crippen LogP contribution in [-0.4, -0.2) is 17.0 Å². The van der Waals surface area contributed by atoms with Gasteiger partial charge in [-0.3, -0.25) is 0 Å². The van der Waals surface area contributed by atoms with Crippen LogP contribution < -0.4 is 5.32 Å². The third-order valence-electron chi connectivity index (χ3n) is 2.00. The maximum absolute atomic E-state index is 4.35. The van der Waals surface area contributed by atoms with Crippen LogP contribution in [0.5, 0.6) is 0 Å². The van der Waals surface area contributed by atoms with Gasteiger partial charge in [-0.1, -0.05) is 0 Å². The van der Waals surface area contributed by atoms with Crippen LogP contribution >= 0.6 is 22.7 Å². The van der Waals surface area contributed by atoms with E-state index >= 15 is 0 Å². The van der Waals surface area contributed by atoms with Crippen molar-refractivity contribution in [3.05, 3.63) is 22.7 Å². The summed E-state index contributed by atoms with van der Waals surface area (Å²) in [4.78, 5) is 9.83. The molecule has 2 heterocycles. The Labute approximate surface area is 90.9 Å². The van der Waals surface area contributed by atoms with Crippen LogP contribution in [0.1, 0.15) is 17.8 Å². The standard InChI is InChI=1S/C9H11N3S2/c1-6(10-2)7-5-12-9(14-7)8-11-3-4-13-8/h3-6,10H,1-2H3. The second kappa shape index (κ2) is 4.16. The molecule has 0 aromatic carbocycles. The highest BCUT2D eigenvalue weighted by molar-refractivity contribution is 7.20. The molecule has 0 spiro atoms. The fourth-order valence-electron chi connectivity index (χ4n) is 1.06. The molecular weight excluding hydrogens is 214 g/mol. The molecule has 14 heavy (non-hydrogen) atoms. The van der Waals surface area contributed by atoms with E-state index in [4.69, 9.17) is 0 Å². The van der Waals surface area contributed by atoms with Gasteiger partial charge in [-0.15, -0.1) is 22.7 Å². The van der Waals surface area contributed by atoms with Gasteiger partial charge in [0.25, 0.3) is 0 Å². The summed E-state index contributed by atoms with van der Waals surface area (Å²) in [5.41, 5.74) is 0. The van der Waals surface area contributed by atoms with Crippen molar-refractivity contribution in [3.8, 4) is 10.0 Å². The minimum atomic E-state index is 0.362. The first kappa shape index (κ1) is 9.76. The highest BCUT2D eigenvalue weighted by Crippen LogP contribution is 2.29. The highest BCUT2D eigenvalue weighted by Gasteiger charge is 2.10. The second-order valence-corrected chi connectivity index (χ2v) is 4.87. The lowest BCUT2D eigenvalue weighted by Gasteiger charge is -2.04. The van der Waals surface area contributed by atoms with E-state index in [0.717, 1.165) is 10.0 Å². The van der Waals surface area contributed by atoms with Gasteiger partial charge in [-0.05, 0) is 14.0 Å². The van der Waals surface area contributed by atoms with E-state index in [2.05, 4.69) is 22.2 Å². The third-order valence-corrected chi connectivity index (χ3v) is 4.09. The molecule has 0 aliphatic rings. The Morgan fingerprint density at radius 2 is 2.21 bits per heavy atom. The third kappa shape index (κ3) is 1.84. The van der Waals surface area contributed by atoms with Crippen molar-refractivity contribution in [1.82, 2.24) is 15.3 Å². The summed E-state index contributed by atoms with van der Waals surface area (Å²) in [5.74, 6) is 0. The number of thiazole rings is 2. The number of nitrogens with zero attached hydrogens (tertiary/aromatic N) is 2. The first-order valence-electron chi connectivity index (χ1n) is 4.34. The summed E-state index contributed by atoms with van der Waals surface area (Å²) >= 11 is 3.32. The number of hydrogen-bond acceptors (Lipinski definition) is 5. The molecule has 0 radical (unpaired) electrons. The maximum atomic E-state index is 4.35. The molecule has 0 fully saturated rings. The van der Waals surface area contributed by atoms with Gasteiger partial charge < -0.3 is 5.32 Å². The van der Waals surface area contributed by atoms with Crippen LogP contribution in [0.3, 0.4) is 0 Å². The van der Waals surface area contributed by atoms with Crippen molar-refractivity contribution < 1.29 is 0 Å². The topological polar surface area (TPSA) is 37.8 Å². The van der Waals surface area contributed by atoms with Crippen molar-refractivity contribution in [3.63, 3.8) is 0 Å². The number of hydrogen-bond donors (Lipinski definition) is 1. The Kier molecular flexibility index (Phi) is 2.90. The van der Waals surface area contributed by atoms with Crippen molar-refractivity contribution in [2.75, 3.05) is 7.05 Å². The molecule has 0 amide bonds. The van der Waals surface area contributed by atoms with Crippen molar-refractivity contribution in [1.29, 1.82) is 0 Å². The molecule has 0 bridgehead atoms. The minimum Gasteiger partial charge on any atom is -0.312 e. The Bertz CT molecular complexity index is 394. The average Bonchev–Trinajstić information content (AvgIpc) is 2.86. The van der Waals surface area contributed by atoms with Crippen molar-refractivity contribution in [2.45, 2.75) is 13.0 Å². The molecule has 2 aromatic heterocycles. The predicted molar refractivity (Wildman–Crippen MR) is 60.7 cm³/mol. The van der Waals surface area contributed by atoms with E-state index in [1.165, 1.54) is 4.88 Å². The zero-order valence-corrected chi connectivity index (χ0v) is 9.65. The normalized spacial score (nSPS) is 13.0. The van der Waals surface area contributed by atoms with E-state index in [9.17, 15) is 0 Å². The summed E-state index contributed by atoms with van der Waals surface area (Å²) in [5, 5.41) is 7.18. The van der Waals surface area contributed by atoms with Crippen LogP contribution in [0.15, 0.2) is 17.8 Å². The highest BCUT2D eigenvalue weighted by atomic mass is 32.1. The molecular formula is C9H11N3S2.